The van der Waals surface area contributed by atoms with Gasteiger partial charge in [-0.15, -0.1) is 0 Å². The van der Waals surface area contributed by atoms with Crippen molar-refractivity contribution in [2.24, 2.45) is 11.8 Å². The highest BCUT2D eigenvalue weighted by atomic mass is 15.3. The fourth-order valence-electron chi connectivity index (χ4n) is 2.36. The molecule has 18 heavy (non-hydrogen) atoms. The molecule has 0 radical (unpaired) electrons. The van der Waals surface area contributed by atoms with Gasteiger partial charge in [-0.05, 0) is 12.3 Å². The first-order chi connectivity index (χ1) is 8.80. The summed E-state index contributed by atoms with van der Waals surface area (Å²) < 4.78 is 1.83. The van der Waals surface area contributed by atoms with Crippen LogP contribution in [0.3, 0.4) is 0 Å². The lowest BCUT2D eigenvalue weighted by molar-refractivity contribution is 0.376. The third-order valence-corrected chi connectivity index (χ3v) is 3.65. The number of rotatable bonds is 6. The third-order valence-electron chi connectivity index (χ3n) is 3.65. The lowest BCUT2D eigenvalue weighted by Crippen LogP contribution is -2.29. The monoisotopic (exact) mass is 247 g/mol. The predicted molar refractivity (Wildman–Crippen MR) is 71.7 cm³/mol. The second kappa shape index (κ2) is 5.93. The average molecular weight is 247 g/mol. The normalized spacial score (nSPS) is 13.3. The molecule has 0 aromatic carbocycles. The van der Waals surface area contributed by atoms with Gasteiger partial charge in [0.05, 0.1) is 24.0 Å². The Bertz CT molecular complexity index is 489. The molecule has 0 amide bonds. The van der Waals surface area contributed by atoms with Crippen LogP contribution in [0.25, 0.3) is 5.52 Å². The van der Waals surface area contributed by atoms with E-state index in [0.29, 0.717) is 5.92 Å². The van der Waals surface area contributed by atoms with E-state index in [0.717, 1.165) is 17.5 Å². The van der Waals surface area contributed by atoms with Gasteiger partial charge in [0, 0.05) is 18.0 Å². The Kier molecular flexibility index (Phi) is 4.28. The summed E-state index contributed by atoms with van der Waals surface area (Å²) in [6.07, 6.45) is 10.7. The highest BCUT2D eigenvalue weighted by molar-refractivity contribution is 5.53. The standard InChI is InChI=1S/C13H21N5/c1-3-10(4-2)7-12(17-14)11-8-16-18-6-5-15-9-13(11)18/h5-6,8-10,12,17H,3-4,7,14H2,1-2H3. The van der Waals surface area contributed by atoms with Gasteiger partial charge in [-0.3, -0.25) is 16.3 Å². The van der Waals surface area contributed by atoms with Crippen molar-refractivity contribution in [3.8, 4) is 0 Å². The largest absolute Gasteiger partial charge is 0.271 e. The number of nitrogens with one attached hydrogen (secondary N) is 1. The van der Waals surface area contributed by atoms with Crippen molar-refractivity contribution in [3.63, 3.8) is 0 Å². The van der Waals surface area contributed by atoms with Crippen LogP contribution in [-0.2, 0) is 0 Å². The lowest BCUT2D eigenvalue weighted by Gasteiger charge is -2.20. The van der Waals surface area contributed by atoms with Crippen molar-refractivity contribution < 1.29 is 0 Å². The predicted octanol–water partition coefficient (Wildman–Crippen LogP) is 2.06. The molecule has 3 N–H and O–H groups in total. The second-order valence-corrected chi connectivity index (χ2v) is 4.64. The number of hydrogen-bond donors (Lipinski definition) is 2. The Hall–Kier alpha value is -1.46. The summed E-state index contributed by atoms with van der Waals surface area (Å²) in [6, 6.07) is 0.136. The van der Waals surface area contributed by atoms with Crippen molar-refractivity contribution in [2.45, 2.75) is 39.2 Å². The average Bonchev–Trinajstić information content (AvgIpc) is 2.84. The quantitative estimate of drug-likeness (QED) is 0.605. The molecule has 0 saturated carbocycles. The van der Waals surface area contributed by atoms with E-state index in [1.54, 1.807) is 6.20 Å². The summed E-state index contributed by atoms with van der Waals surface area (Å²) in [6.45, 7) is 4.44. The number of nitrogens with two attached hydrogens (primary N) is 1. The van der Waals surface area contributed by atoms with Crippen LogP contribution in [0.1, 0.15) is 44.7 Å². The molecule has 0 aliphatic carbocycles. The SMILES string of the molecule is CCC(CC)CC(NN)c1cnn2ccncc12. The number of hydrogen-bond acceptors (Lipinski definition) is 4. The summed E-state index contributed by atoms with van der Waals surface area (Å²) in [5, 5.41) is 4.33. The van der Waals surface area contributed by atoms with Crippen LogP contribution in [-0.4, -0.2) is 14.6 Å². The lowest BCUT2D eigenvalue weighted by atomic mass is 9.92. The smallest absolute Gasteiger partial charge is 0.0893 e. The zero-order chi connectivity index (χ0) is 13.0. The van der Waals surface area contributed by atoms with E-state index < -0.39 is 0 Å². The van der Waals surface area contributed by atoms with E-state index in [-0.39, 0.29) is 6.04 Å². The van der Waals surface area contributed by atoms with Crippen LogP contribution in [0.15, 0.2) is 24.8 Å². The summed E-state index contributed by atoms with van der Waals surface area (Å²) in [7, 11) is 0. The number of fused-ring (bicyclic) bond motifs is 1. The molecular weight excluding hydrogens is 226 g/mol. The van der Waals surface area contributed by atoms with Gasteiger partial charge >= 0.3 is 0 Å². The van der Waals surface area contributed by atoms with Gasteiger partial charge in [0.15, 0.2) is 0 Å². The van der Waals surface area contributed by atoms with Gasteiger partial charge < -0.3 is 0 Å². The molecule has 2 aromatic rings. The van der Waals surface area contributed by atoms with Crippen LogP contribution in [0.4, 0.5) is 0 Å². The summed E-state index contributed by atoms with van der Waals surface area (Å²) >= 11 is 0. The fourth-order valence-corrected chi connectivity index (χ4v) is 2.36. The Morgan fingerprint density at radius 3 is 2.78 bits per heavy atom. The van der Waals surface area contributed by atoms with Gasteiger partial charge in [0.1, 0.15) is 0 Å². The maximum atomic E-state index is 5.71. The molecule has 0 aliphatic heterocycles. The molecule has 0 bridgehead atoms. The molecule has 2 heterocycles. The first kappa shape index (κ1) is 13.0. The third kappa shape index (κ3) is 2.52. The van der Waals surface area contributed by atoms with Crippen molar-refractivity contribution in [1.29, 1.82) is 0 Å². The Morgan fingerprint density at radius 1 is 1.33 bits per heavy atom. The minimum absolute atomic E-state index is 0.136. The molecule has 0 saturated heterocycles. The summed E-state index contributed by atoms with van der Waals surface area (Å²) in [5.74, 6) is 6.38. The van der Waals surface area contributed by atoms with Gasteiger partial charge in [-0.2, -0.15) is 5.10 Å². The van der Waals surface area contributed by atoms with Gasteiger partial charge in [-0.1, -0.05) is 26.7 Å². The van der Waals surface area contributed by atoms with Gasteiger partial charge in [0.2, 0.25) is 0 Å². The maximum absolute atomic E-state index is 5.71. The number of hydrazine groups is 1. The maximum Gasteiger partial charge on any atom is 0.0893 e. The van der Waals surface area contributed by atoms with Crippen molar-refractivity contribution in [3.05, 3.63) is 30.4 Å². The van der Waals surface area contributed by atoms with E-state index in [1.807, 2.05) is 23.1 Å². The van der Waals surface area contributed by atoms with Crippen molar-refractivity contribution in [2.75, 3.05) is 0 Å². The molecular formula is C13H21N5. The molecule has 0 spiro atoms. The van der Waals surface area contributed by atoms with E-state index in [1.165, 1.54) is 12.8 Å². The van der Waals surface area contributed by atoms with Gasteiger partial charge in [-0.25, -0.2) is 4.52 Å². The Labute approximate surface area is 107 Å². The molecule has 1 unspecified atom stereocenters. The van der Waals surface area contributed by atoms with E-state index >= 15 is 0 Å². The molecule has 2 aromatic heterocycles. The summed E-state index contributed by atoms with van der Waals surface area (Å²) in [5.41, 5.74) is 5.06. The first-order valence-electron chi connectivity index (χ1n) is 6.53. The Balaban J connectivity index is 2.26. The fraction of sp³-hybridized carbons (Fsp3) is 0.538. The van der Waals surface area contributed by atoms with Crippen LogP contribution in [0.2, 0.25) is 0 Å². The molecule has 0 aliphatic rings. The van der Waals surface area contributed by atoms with E-state index in [4.69, 9.17) is 5.84 Å². The summed E-state index contributed by atoms with van der Waals surface area (Å²) in [4.78, 5) is 4.15. The minimum Gasteiger partial charge on any atom is -0.271 e. The topological polar surface area (TPSA) is 68.2 Å². The van der Waals surface area contributed by atoms with Crippen molar-refractivity contribution >= 4 is 5.52 Å². The van der Waals surface area contributed by atoms with Crippen LogP contribution < -0.4 is 11.3 Å². The van der Waals surface area contributed by atoms with E-state index in [9.17, 15) is 0 Å². The van der Waals surface area contributed by atoms with E-state index in [2.05, 4.69) is 29.4 Å². The van der Waals surface area contributed by atoms with Crippen LogP contribution >= 0.6 is 0 Å². The molecule has 5 nitrogen and oxygen atoms in total. The molecule has 0 fully saturated rings. The number of nitrogens with zero attached hydrogens (tertiary/aromatic N) is 3. The molecule has 1 atom stereocenters. The molecule has 2 rings (SSSR count). The molecule has 98 valence electrons. The Morgan fingerprint density at radius 2 is 2.11 bits per heavy atom. The van der Waals surface area contributed by atoms with Crippen LogP contribution in [0.5, 0.6) is 0 Å². The number of aromatic nitrogens is 3. The first-order valence-corrected chi connectivity index (χ1v) is 6.53. The van der Waals surface area contributed by atoms with Crippen molar-refractivity contribution in [1.82, 2.24) is 20.0 Å². The highest BCUT2D eigenvalue weighted by Gasteiger charge is 2.18. The second-order valence-electron chi connectivity index (χ2n) is 4.64. The zero-order valence-corrected chi connectivity index (χ0v) is 11.0. The zero-order valence-electron chi connectivity index (χ0n) is 11.0. The molecule has 5 heteroatoms. The minimum atomic E-state index is 0.136. The highest BCUT2D eigenvalue weighted by Crippen LogP contribution is 2.26. The van der Waals surface area contributed by atoms with Crippen LogP contribution in [0, 0.1) is 5.92 Å². The van der Waals surface area contributed by atoms with Gasteiger partial charge in [0.25, 0.3) is 0 Å².